The topological polar surface area (TPSA) is 103 Å². The molecule has 0 atom stereocenters. The van der Waals surface area contributed by atoms with Crippen LogP contribution in [-0.4, -0.2) is 31.6 Å². The van der Waals surface area contributed by atoms with E-state index in [0.29, 0.717) is 22.9 Å². The van der Waals surface area contributed by atoms with E-state index in [1.165, 1.54) is 26.4 Å². The van der Waals surface area contributed by atoms with E-state index in [9.17, 15) is 14.9 Å². The fourth-order valence-corrected chi connectivity index (χ4v) is 2.22. The molecule has 0 saturated carbocycles. The van der Waals surface area contributed by atoms with Gasteiger partial charge in [0.2, 0.25) is 5.91 Å². The zero-order valence-electron chi connectivity index (χ0n) is 13.5. The van der Waals surface area contributed by atoms with Crippen molar-refractivity contribution in [2.24, 2.45) is 0 Å². The van der Waals surface area contributed by atoms with E-state index in [1.54, 1.807) is 24.3 Å². The molecule has 0 aliphatic rings. The van der Waals surface area contributed by atoms with Gasteiger partial charge in [-0.15, -0.1) is 0 Å². The number of anilines is 2. The molecule has 0 saturated heterocycles. The summed E-state index contributed by atoms with van der Waals surface area (Å²) in [5, 5.41) is 16.4. The van der Waals surface area contributed by atoms with Crippen LogP contribution < -0.4 is 20.1 Å². The van der Waals surface area contributed by atoms with Gasteiger partial charge in [0.1, 0.15) is 16.5 Å². The maximum atomic E-state index is 12.1. The normalized spacial score (nSPS) is 10.0. The number of rotatable bonds is 7. The van der Waals surface area contributed by atoms with E-state index in [2.05, 4.69) is 10.6 Å². The van der Waals surface area contributed by atoms with Gasteiger partial charge < -0.3 is 20.1 Å². The molecule has 132 valence electrons. The van der Waals surface area contributed by atoms with Crippen molar-refractivity contribution in [1.82, 2.24) is 0 Å². The van der Waals surface area contributed by atoms with E-state index < -0.39 is 4.92 Å². The van der Waals surface area contributed by atoms with E-state index in [4.69, 9.17) is 21.1 Å². The average molecular weight is 366 g/mol. The number of nitro groups is 1. The van der Waals surface area contributed by atoms with Crippen molar-refractivity contribution in [2.45, 2.75) is 0 Å². The Kier molecular flexibility index (Phi) is 6.02. The van der Waals surface area contributed by atoms with E-state index in [-0.39, 0.29) is 23.2 Å². The number of nitrogens with zero attached hydrogens (tertiary/aromatic N) is 1. The molecule has 0 unspecified atom stereocenters. The molecule has 0 radical (unpaired) electrons. The van der Waals surface area contributed by atoms with Crippen molar-refractivity contribution in [1.29, 1.82) is 0 Å². The Morgan fingerprint density at radius 1 is 1.12 bits per heavy atom. The van der Waals surface area contributed by atoms with Gasteiger partial charge in [-0.2, -0.15) is 0 Å². The van der Waals surface area contributed by atoms with Crippen molar-refractivity contribution in [3.63, 3.8) is 0 Å². The SMILES string of the molecule is COc1cc(NC(=O)CNc2ccc(Cl)c([N+](=O)[O-])c2)cc(OC)c1. The van der Waals surface area contributed by atoms with E-state index >= 15 is 0 Å². The summed E-state index contributed by atoms with van der Waals surface area (Å²) < 4.78 is 10.3. The molecule has 9 heteroatoms. The van der Waals surface area contributed by atoms with Gasteiger partial charge >= 0.3 is 0 Å². The second-order valence-electron chi connectivity index (χ2n) is 4.93. The summed E-state index contributed by atoms with van der Waals surface area (Å²) >= 11 is 5.75. The van der Waals surface area contributed by atoms with Gasteiger partial charge in [0.15, 0.2) is 0 Å². The largest absolute Gasteiger partial charge is 0.497 e. The third-order valence-corrected chi connectivity index (χ3v) is 3.55. The molecule has 1 amide bonds. The lowest BCUT2D eigenvalue weighted by molar-refractivity contribution is -0.384. The third kappa shape index (κ3) is 4.98. The molecule has 2 N–H and O–H groups in total. The Morgan fingerprint density at radius 2 is 1.76 bits per heavy atom. The first kappa shape index (κ1) is 18.3. The minimum atomic E-state index is -0.587. The zero-order chi connectivity index (χ0) is 18.4. The molecule has 0 fully saturated rings. The second-order valence-corrected chi connectivity index (χ2v) is 5.33. The van der Waals surface area contributed by atoms with Crippen LogP contribution in [0.15, 0.2) is 36.4 Å². The Bertz CT molecular complexity index is 775. The standard InChI is InChI=1S/C16H16ClN3O5/c1-24-12-5-11(6-13(8-12)25-2)19-16(21)9-18-10-3-4-14(17)15(7-10)20(22)23/h3-8,18H,9H2,1-2H3,(H,19,21). The maximum Gasteiger partial charge on any atom is 0.289 e. The van der Waals surface area contributed by atoms with Crippen molar-refractivity contribution < 1.29 is 19.2 Å². The highest BCUT2D eigenvalue weighted by Crippen LogP contribution is 2.28. The molecular formula is C16H16ClN3O5. The lowest BCUT2D eigenvalue weighted by Crippen LogP contribution is -2.21. The van der Waals surface area contributed by atoms with Crippen LogP contribution in [0, 0.1) is 10.1 Å². The van der Waals surface area contributed by atoms with Gasteiger partial charge in [-0.05, 0) is 12.1 Å². The van der Waals surface area contributed by atoms with Crippen LogP contribution in [0.4, 0.5) is 17.1 Å². The molecule has 8 nitrogen and oxygen atoms in total. The van der Waals surface area contributed by atoms with E-state index in [0.717, 1.165) is 0 Å². The number of ether oxygens (including phenoxy) is 2. The molecule has 0 bridgehead atoms. The summed E-state index contributed by atoms with van der Waals surface area (Å²) in [6.07, 6.45) is 0. The second kappa shape index (κ2) is 8.20. The summed E-state index contributed by atoms with van der Waals surface area (Å²) in [5.41, 5.74) is 0.684. The van der Waals surface area contributed by atoms with Crippen LogP contribution in [0.5, 0.6) is 11.5 Å². The summed E-state index contributed by atoms with van der Waals surface area (Å²) in [7, 11) is 3.02. The Labute approximate surface area is 148 Å². The molecular weight excluding hydrogens is 350 g/mol. The Hall–Kier alpha value is -3.00. The van der Waals surface area contributed by atoms with E-state index in [1.807, 2.05) is 0 Å². The third-order valence-electron chi connectivity index (χ3n) is 3.23. The van der Waals surface area contributed by atoms with Crippen molar-refractivity contribution in [3.05, 3.63) is 51.5 Å². The highest BCUT2D eigenvalue weighted by molar-refractivity contribution is 6.32. The molecule has 0 aromatic heterocycles. The number of nitro benzene ring substituents is 1. The minimum absolute atomic E-state index is 0.0310. The van der Waals surface area contributed by atoms with Crippen molar-refractivity contribution >= 4 is 34.6 Å². The molecule has 2 rings (SSSR count). The first-order valence-corrected chi connectivity index (χ1v) is 7.51. The monoisotopic (exact) mass is 365 g/mol. The fraction of sp³-hybridized carbons (Fsp3) is 0.188. The predicted octanol–water partition coefficient (Wildman–Crippen LogP) is 3.32. The van der Waals surface area contributed by atoms with Crippen molar-refractivity contribution in [2.75, 3.05) is 31.4 Å². The van der Waals surface area contributed by atoms with Crippen LogP contribution in [0.2, 0.25) is 5.02 Å². The average Bonchev–Trinajstić information content (AvgIpc) is 2.60. The number of halogens is 1. The molecule has 0 aliphatic heterocycles. The lowest BCUT2D eigenvalue weighted by atomic mass is 10.2. The molecule has 0 heterocycles. The fourth-order valence-electron chi connectivity index (χ4n) is 2.03. The summed E-state index contributed by atoms with van der Waals surface area (Å²) in [5.74, 6) is 0.736. The van der Waals surface area contributed by atoms with Crippen LogP contribution in [-0.2, 0) is 4.79 Å². The van der Waals surface area contributed by atoms with Crippen LogP contribution in [0.25, 0.3) is 0 Å². The molecule has 2 aromatic rings. The Balaban J connectivity index is 2.02. The summed E-state index contributed by atoms with van der Waals surface area (Å²) in [6.45, 7) is -0.0850. The van der Waals surface area contributed by atoms with Gasteiger partial charge in [0.25, 0.3) is 5.69 Å². The van der Waals surface area contributed by atoms with Gasteiger partial charge in [-0.3, -0.25) is 14.9 Å². The molecule has 25 heavy (non-hydrogen) atoms. The lowest BCUT2D eigenvalue weighted by Gasteiger charge is -2.11. The summed E-state index contributed by atoms with van der Waals surface area (Å²) in [6, 6.07) is 9.19. The van der Waals surface area contributed by atoms with Gasteiger partial charge in [-0.1, -0.05) is 11.6 Å². The number of nitrogens with one attached hydrogen (secondary N) is 2. The number of carbonyl (C=O) groups is 1. The van der Waals surface area contributed by atoms with Crippen LogP contribution >= 0.6 is 11.6 Å². The first-order chi connectivity index (χ1) is 11.9. The predicted molar refractivity (Wildman–Crippen MR) is 94.8 cm³/mol. The van der Waals surface area contributed by atoms with Crippen LogP contribution in [0.1, 0.15) is 0 Å². The quantitative estimate of drug-likeness (QED) is 0.576. The molecule has 0 aliphatic carbocycles. The zero-order valence-corrected chi connectivity index (χ0v) is 14.3. The number of hydrogen-bond acceptors (Lipinski definition) is 6. The smallest absolute Gasteiger partial charge is 0.289 e. The van der Waals surface area contributed by atoms with Crippen molar-refractivity contribution in [3.8, 4) is 11.5 Å². The first-order valence-electron chi connectivity index (χ1n) is 7.13. The van der Waals surface area contributed by atoms with Crippen LogP contribution in [0.3, 0.4) is 0 Å². The highest BCUT2D eigenvalue weighted by atomic mass is 35.5. The number of benzene rings is 2. The van der Waals surface area contributed by atoms with Gasteiger partial charge in [0.05, 0.1) is 25.7 Å². The number of hydrogen-bond donors (Lipinski definition) is 2. The van der Waals surface area contributed by atoms with Gasteiger partial charge in [0, 0.05) is 35.6 Å². The maximum absolute atomic E-state index is 12.1. The molecule has 0 spiro atoms. The number of amides is 1. The number of methoxy groups -OCH3 is 2. The highest BCUT2D eigenvalue weighted by Gasteiger charge is 2.13. The number of carbonyl (C=O) groups excluding carboxylic acids is 1. The summed E-state index contributed by atoms with van der Waals surface area (Å²) in [4.78, 5) is 22.3. The van der Waals surface area contributed by atoms with Gasteiger partial charge in [-0.25, -0.2) is 0 Å². The minimum Gasteiger partial charge on any atom is -0.497 e. The Morgan fingerprint density at radius 3 is 2.32 bits per heavy atom. The molecule has 2 aromatic carbocycles.